The molecule has 0 bridgehead atoms. The van der Waals surface area contributed by atoms with Crippen molar-refractivity contribution in [3.63, 3.8) is 0 Å². The molecule has 5 nitrogen and oxygen atoms in total. The summed E-state index contributed by atoms with van der Waals surface area (Å²) in [6, 6.07) is -0.385. The van der Waals surface area contributed by atoms with E-state index in [-0.39, 0.29) is 12.6 Å². The van der Waals surface area contributed by atoms with Crippen LogP contribution in [0.2, 0.25) is 0 Å². The Morgan fingerprint density at radius 3 is 2.67 bits per heavy atom. The topological polar surface area (TPSA) is 71.0 Å². The molecule has 3 N–H and O–H groups in total. The third kappa shape index (κ3) is 1.75. The van der Waals surface area contributed by atoms with Crippen LogP contribution < -0.4 is 5.32 Å². The smallest absolute Gasteiger partial charge is 0.184 e. The lowest BCUT2D eigenvalue weighted by Crippen LogP contribution is -2.58. The molecular formula is C7H15NO4. The van der Waals surface area contributed by atoms with Crippen molar-refractivity contribution in [2.24, 2.45) is 0 Å². The summed E-state index contributed by atoms with van der Waals surface area (Å²) in [6.45, 7) is 0.182. The minimum Gasteiger partial charge on any atom is -0.389 e. The molecule has 0 unspecified atom stereocenters. The Bertz CT molecular complexity index is 143. The highest BCUT2D eigenvalue weighted by atomic mass is 16.7. The summed E-state index contributed by atoms with van der Waals surface area (Å²) < 4.78 is 9.88. The highest BCUT2D eigenvalue weighted by Crippen LogP contribution is 2.15. The van der Waals surface area contributed by atoms with Crippen LogP contribution in [0.5, 0.6) is 0 Å². The van der Waals surface area contributed by atoms with Gasteiger partial charge in [-0.3, -0.25) is 0 Å². The van der Waals surface area contributed by atoms with Crippen molar-refractivity contribution in [1.29, 1.82) is 0 Å². The number of methoxy groups -OCH3 is 1. The molecule has 0 aliphatic carbocycles. The number of hydrogen-bond donors (Lipinski definition) is 3. The van der Waals surface area contributed by atoms with E-state index in [4.69, 9.17) is 9.47 Å². The molecule has 4 atom stereocenters. The molecule has 72 valence electrons. The van der Waals surface area contributed by atoms with E-state index in [0.717, 1.165) is 0 Å². The molecule has 0 radical (unpaired) electrons. The number of nitrogens with one attached hydrogen (secondary N) is 1. The Balaban J connectivity index is 2.56. The molecule has 5 heteroatoms. The zero-order chi connectivity index (χ0) is 9.14. The van der Waals surface area contributed by atoms with Gasteiger partial charge in [0.1, 0.15) is 6.10 Å². The van der Waals surface area contributed by atoms with Gasteiger partial charge < -0.3 is 25.0 Å². The third-order valence-corrected chi connectivity index (χ3v) is 2.06. The summed E-state index contributed by atoms with van der Waals surface area (Å²) in [6.07, 6.45) is -2.16. The van der Waals surface area contributed by atoms with E-state index >= 15 is 0 Å². The van der Waals surface area contributed by atoms with Crippen LogP contribution in [0.1, 0.15) is 0 Å². The molecule has 1 aliphatic heterocycles. The minimum atomic E-state index is -0.830. The fourth-order valence-corrected chi connectivity index (χ4v) is 1.36. The lowest BCUT2D eigenvalue weighted by Gasteiger charge is -2.36. The molecule has 1 saturated heterocycles. The van der Waals surface area contributed by atoms with E-state index in [0.29, 0.717) is 0 Å². The van der Waals surface area contributed by atoms with Crippen LogP contribution in [0.4, 0.5) is 0 Å². The highest BCUT2D eigenvalue weighted by Gasteiger charge is 2.37. The summed E-state index contributed by atoms with van der Waals surface area (Å²) in [5.41, 5.74) is 0. The van der Waals surface area contributed by atoms with E-state index < -0.39 is 18.5 Å². The van der Waals surface area contributed by atoms with Gasteiger partial charge in [0.2, 0.25) is 0 Å². The second-order valence-electron chi connectivity index (χ2n) is 2.81. The molecule has 0 spiro atoms. The SMILES string of the molecule is CN[C@@H]1[C@@H](O)[C@H](OC)OC[C@H]1O. The molecule has 0 aromatic carbocycles. The van der Waals surface area contributed by atoms with Gasteiger partial charge in [-0.25, -0.2) is 0 Å². The van der Waals surface area contributed by atoms with Crippen molar-refractivity contribution < 1.29 is 19.7 Å². The highest BCUT2D eigenvalue weighted by molar-refractivity contribution is 4.87. The van der Waals surface area contributed by atoms with Crippen molar-refractivity contribution in [3.05, 3.63) is 0 Å². The molecule has 1 aliphatic rings. The van der Waals surface area contributed by atoms with E-state index in [1.54, 1.807) is 7.05 Å². The summed E-state index contributed by atoms with van der Waals surface area (Å²) in [4.78, 5) is 0. The second kappa shape index (κ2) is 4.15. The van der Waals surface area contributed by atoms with Crippen molar-refractivity contribution in [3.8, 4) is 0 Å². The zero-order valence-electron chi connectivity index (χ0n) is 7.23. The number of ether oxygens (including phenoxy) is 2. The van der Waals surface area contributed by atoms with Crippen LogP contribution in [-0.4, -0.2) is 55.5 Å². The first-order chi connectivity index (χ1) is 5.70. The molecule has 0 aromatic rings. The van der Waals surface area contributed by atoms with Crippen LogP contribution in [0.15, 0.2) is 0 Å². The van der Waals surface area contributed by atoms with E-state index in [9.17, 15) is 10.2 Å². The fourth-order valence-electron chi connectivity index (χ4n) is 1.36. The average Bonchev–Trinajstić information content (AvgIpc) is 2.06. The van der Waals surface area contributed by atoms with Gasteiger partial charge >= 0.3 is 0 Å². The van der Waals surface area contributed by atoms with Crippen molar-refractivity contribution in [1.82, 2.24) is 5.32 Å². The lowest BCUT2D eigenvalue weighted by molar-refractivity contribution is -0.235. The average molecular weight is 177 g/mol. The first kappa shape index (κ1) is 9.88. The van der Waals surface area contributed by atoms with Crippen molar-refractivity contribution >= 4 is 0 Å². The van der Waals surface area contributed by atoms with E-state index in [2.05, 4.69) is 5.32 Å². The Labute approximate surface area is 71.3 Å². The molecule has 1 rings (SSSR count). The molecule has 0 amide bonds. The largest absolute Gasteiger partial charge is 0.389 e. The van der Waals surface area contributed by atoms with E-state index in [1.807, 2.05) is 0 Å². The van der Waals surface area contributed by atoms with Gasteiger partial charge in [-0.1, -0.05) is 0 Å². The van der Waals surface area contributed by atoms with Gasteiger partial charge in [0.05, 0.1) is 18.8 Å². The number of rotatable bonds is 2. The Morgan fingerprint density at radius 2 is 2.17 bits per heavy atom. The van der Waals surface area contributed by atoms with E-state index in [1.165, 1.54) is 7.11 Å². The maximum atomic E-state index is 9.53. The van der Waals surface area contributed by atoms with Crippen LogP contribution >= 0.6 is 0 Å². The maximum absolute atomic E-state index is 9.53. The Morgan fingerprint density at radius 1 is 1.50 bits per heavy atom. The molecule has 1 fully saturated rings. The standard InChI is InChI=1S/C7H15NO4/c1-8-5-4(9)3-12-7(11-2)6(5)10/h4-10H,3H2,1-2H3/t4-,5+,6-,7-/m1/s1. The van der Waals surface area contributed by atoms with Crippen LogP contribution in [0.25, 0.3) is 0 Å². The van der Waals surface area contributed by atoms with Gasteiger partial charge in [0.25, 0.3) is 0 Å². The first-order valence-corrected chi connectivity index (χ1v) is 3.88. The summed E-state index contributed by atoms with van der Waals surface area (Å²) >= 11 is 0. The summed E-state index contributed by atoms with van der Waals surface area (Å²) in [7, 11) is 3.13. The van der Waals surface area contributed by atoms with Gasteiger partial charge in [-0.15, -0.1) is 0 Å². The maximum Gasteiger partial charge on any atom is 0.184 e. The predicted molar refractivity (Wildman–Crippen MR) is 41.6 cm³/mol. The minimum absolute atomic E-state index is 0.182. The van der Waals surface area contributed by atoms with Crippen LogP contribution in [0.3, 0.4) is 0 Å². The van der Waals surface area contributed by atoms with Gasteiger partial charge in [0.15, 0.2) is 6.29 Å². The summed E-state index contributed by atoms with van der Waals surface area (Å²) in [5.74, 6) is 0. The van der Waals surface area contributed by atoms with Crippen LogP contribution in [0, 0.1) is 0 Å². The Hall–Kier alpha value is -0.200. The number of likely N-dealkylation sites (N-methyl/N-ethyl adjacent to an activating group) is 1. The zero-order valence-corrected chi connectivity index (χ0v) is 7.23. The molecule has 12 heavy (non-hydrogen) atoms. The predicted octanol–water partition coefficient (Wildman–Crippen LogP) is -1.70. The quantitative estimate of drug-likeness (QED) is 0.469. The van der Waals surface area contributed by atoms with Crippen molar-refractivity contribution in [2.45, 2.75) is 24.5 Å². The van der Waals surface area contributed by atoms with Crippen LogP contribution in [-0.2, 0) is 9.47 Å². The van der Waals surface area contributed by atoms with Gasteiger partial charge in [0, 0.05) is 7.11 Å². The third-order valence-electron chi connectivity index (χ3n) is 2.06. The Kier molecular flexibility index (Phi) is 3.42. The second-order valence-corrected chi connectivity index (χ2v) is 2.81. The number of hydrogen-bond acceptors (Lipinski definition) is 5. The van der Waals surface area contributed by atoms with Gasteiger partial charge in [-0.2, -0.15) is 0 Å². The lowest BCUT2D eigenvalue weighted by atomic mass is 10.0. The monoisotopic (exact) mass is 177 g/mol. The normalized spacial score (nSPS) is 43.0. The van der Waals surface area contributed by atoms with Crippen molar-refractivity contribution in [2.75, 3.05) is 20.8 Å². The molecule has 0 saturated carbocycles. The number of aliphatic hydroxyl groups is 2. The summed E-state index contributed by atoms with van der Waals surface area (Å²) in [5, 5.41) is 21.7. The van der Waals surface area contributed by atoms with Gasteiger partial charge in [-0.05, 0) is 7.05 Å². The molecule has 0 aromatic heterocycles. The number of aliphatic hydroxyl groups excluding tert-OH is 2. The molecular weight excluding hydrogens is 162 g/mol. The molecule has 1 heterocycles. The fraction of sp³-hybridized carbons (Fsp3) is 1.00. The first-order valence-electron chi connectivity index (χ1n) is 3.88.